The quantitative estimate of drug-likeness (QED) is 0.580. The normalized spacial score (nSPS) is 12.4. The summed E-state index contributed by atoms with van der Waals surface area (Å²) in [5, 5.41) is 0. The molecule has 0 N–H and O–H groups in total. The largest absolute Gasteiger partial charge is 0.479 e. The van der Waals surface area contributed by atoms with Crippen molar-refractivity contribution in [1.82, 2.24) is 0 Å². The summed E-state index contributed by atoms with van der Waals surface area (Å²) < 4.78 is 66.5. The van der Waals surface area contributed by atoms with Crippen molar-refractivity contribution in [2.75, 3.05) is 7.11 Å². The van der Waals surface area contributed by atoms with Crippen LogP contribution in [-0.4, -0.2) is 19.2 Å². The molecule has 0 unspecified atom stereocenters. The van der Waals surface area contributed by atoms with E-state index in [-0.39, 0.29) is 17.2 Å². The Morgan fingerprint density at radius 3 is 2.36 bits per heavy atom. The first-order chi connectivity index (χ1) is 11.7. The maximum atomic E-state index is 13.8. The van der Waals surface area contributed by atoms with Crippen molar-refractivity contribution in [3.63, 3.8) is 0 Å². The van der Waals surface area contributed by atoms with Crippen LogP contribution < -0.4 is 9.47 Å². The monoisotopic (exact) mass is 358 g/mol. The fourth-order valence-corrected chi connectivity index (χ4v) is 1.92. The molecule has 4 nitrogen and oxygen atoms in total. The Morgan fingerprint density at radius 2 is 1.76 bits per heavy atom. The van der Waals surface area contributed by atoms with Crippen LogP contribution in [0.2, 0.25) is 0 Å². The highest BCUT2D eigenvalue weighted by atomic mass is 19.4. The van der Waals surface area contributed by atoms with Crippen LogP contribution in [0.25, 0.3) is 0 Å². The molecular weight excluding hydrogens is 344 g/mol. The molecule has 2 aromatic rings. The molecule has 0 fully saturated rings. The van der Waals surface area contributed by atoms with Crippen LogP contribution >= 0.6 is 0 Å². The number of halogens is 4. The predicted octanol–water partition coefficient (Wildman–Crippen LogP) is 4.58. The molecule has 8 heteroatoms. The SMILES string of the molecule is COC(=O)[C@@H](C)Oc1cccc(Oc2ccc(C(F)(F)F)cc2F)c1. The zero-order chi connectivity index (χ0) is 18.6. The van der Waals surface area contributed by atoms with Crippen molar-refractivity contribution in [3.05, 3.63) is 53.8 Å². The average molecular weight is 358 g/mol. The van der Waals surface area contributed by atoms with E-state index in [4.69, 9.17) is 9.47 Å². The van der Waals surface area contributed by atoms with Gasteiger partial charge in [-0.1, -0.05) is 6.07 Å². The topological polar surface area (TPSA) is 44.8 Å². The number of methoxy groups -OCH3 is 1. The number of carbonyl (C=O) groups excluding carboxylic acids is 1. The summed E-state index contributed by atoms with van der Waals surface area (Å²) in [6.07, 6.45) is -5.51. The Kier molecular flexibility index (Phi) is 5.51. The number of carbonyl (C=O) groups is 1. The van der Waals surface area contributed by atoms with Gasteiger partial charge < -0.3 is 14.2 Å². The minimum absolute atomic E-state index is 0.133. The van der Waals surface area contributed by atoms with Gasteiger partial charge in [-0.2, -0.15) is 13.2 Å². The second-order valence-corrected chi connectivity index (χ2v) is 5.00. The molecule has 0 bridgehead atoms. The molecule has 2 rings (SSSR count). The Labute approximate surface area is 140 Å². The van der Waals surface area contributed by atoms with Gasteiger partial charge in [0.15, 0.2) is 17.7 Å². The lowest BCUT2D eigenvalue weighted by atomic mass is 10.2. The molecule has 0 aliphatic rings. The summed E-state index contributed by atoms with van der Waals surface area (Å²) in [7, 11) is 1.22. The fourth-order valence-electron chi connectivity index (χ4n) is 1.92. The molecule has 0 heterocycles. The number of alkyl halides is 3. The lowest BCUT2D eigenvalue weighted by Crippen LogP contribution is -2.24. The Hall–Kier alpha value is -2.77. The number of benzene rings is 2. The molecule has 25 heavy (non-hydrogen) atoms. The molecule has 0 radical (unpaired) electrons. The van der Waals surface area contributed by atoms with Gasteiger partial charge in [-0.15, -0.1) is 0 Å². The highest BCUT2D eigenvalue weighted by molar-refractivity contribution is 5.74. The minimum atomic E-state index is -4.64. The highest BCUT2D eigenvalue weighted by Crippen LogP contribution is 2.34. The molecule has 0 spiro atoms. The molecule has 0 saturated carbocycles. The van der Waals surface area contributed by atoms with Gasteiger partial charge in [0, 0.05) is 6.07 Å². The molecule has 134 valence electrons. The Balaban J connectivity index is 2.16. The molecule has 2 aromatic carbocycles. The summed E-state index contributed by atoms with van der Waals surface area (Å²) in [5.41, 5.74) is -1.11. The third-order valence-corrected chi connectivity index (χ3v) is 3.14. The van der Waals surface area contributed by atoms with E-state index in [0.717, 1.165) is 12.1 Å². The second-order valence-electron chi connectivity index (χ2n) is 5.00. The molecule has 0 aromatic heterocycles. The van der Waals surface area contributed by atoms with E-state index >= 15 is 0 Å². The van der Waals surface area contributed by atoms with Crippen molar-refractivity contribution in [3.8, 4) is 17.2 Å². The summed E-state index contributed by atoms with van der Waals surface area (Å²) in [6.45, 7) is 1.48. The first-order valence-electron chi connectivity index (χ1n) is 7.10. The van der Waals surface area contributed by atoms with Crippen LogP contribution in [-0.2, 0) is 15.7 Å². The zero-order valence-corrected chi connectivity index (χ0v) is 13.3. The van der Waals surface area contributed by atoms with Crippen LogP contribution in [0.3, 0.4) is 0 Å². The van der Waals surface area contributed by atoms with E-state index in [1.165, 1.54) is 38.3 Å². The highest BCUT2D eigenvalue weighted by Gasteiger charge is 2.31. The minimum Gasteiger partial charge on any atom is -0.479 e. The van der Waals surface area contributed by atoms with Crippen LogP contribution in [0.15, 0.2) is 42.5 Å². The van der Waals surface area contributed by atoms with Gasteiger partial charge in [0.2, 0.25) is 0 Å². The van der Waals surface area contributed by atoms with Gasteiger partial charge in [0.25, 0.3) is 0 Å². The zero-order valence-electron chi connectivity index (χ0n) is 13.3. The smallest absolute Gasteiger partial charge is 0.416 e. The van der Waals surface area contributed by atoms with E-state index in [0.29, 0.717) is 6.07 Å². The van der Waals surface area contributed by atoms with Gasteiger partial charge in [0.05, 0.1) is 12.7 Å². The molecular formula is C17H14F4O4. The predicted molar refractivity (Wildman–Crippen MR) is 80.0 cm³/mol. The van der Waals surface area contributed by atoms with Gasteiger partial charge >= 0.3 is 12.1 Å². The van der Waals surface area contributed by atoms with Crippen molar-refractivity contribution in [2.24, 2.45) is 0 Å². The standard InChI is InChI=1S/C17H14F4O4/c1-10(16(22)23-2)24-12-4-3-5-13(9-12)25-15-7-6-11(8-14(15)18)17(19,20)21/h3-10H,1-2H3/t10-/m1/s1. The number of rotatable bonds is 5. The third kappa shape index (κ3) is 4.85. The Morgan fingerprint density at radius 1 is 1.08 bits per heavy atom. The lowest BCUT2D eigenvalue weighted by molar-refractivity contribution is -0.148. The number of ether oxygens (including phenoxy) is 3. The first kappa shape index (κ1) is 18.6. The van der Waals surface area contributed by atoms with Gasteiger partial charge in [-0.05, 0) is 37.3 Å². The molecule has 0 aliphatic heterocycles. The fraction of sp³-hybridized carbons (Fsp3) is 0.235. The number of hydrogen-bond donors (Lipinski definition) is 0. The van der Waals surface area contributed by atoms with Crippen molar-refractivity contribution in [1.29, 1.82) is 0 Å². The van der Waals surface area contributed by atoms with E-state index in [9.17, 15) is 22.4 Å². The molecule has 0 aliphatic carbocycles. The maximum absolute atomic E-state index is 13.8. The number of esters is 1. The Bertz CT molecular complexity index is 759. The van der Waals surface area contributed by atoms with E-state index in [1.807, 2.05) is 0 Å². The summed E-state index contributed by atoms with van der Waals surface area (Å²) >= 11 is 0. The summed E-state index contributed by atoms with van der Waals surface area (Å²) in [6, 6.07) is 7.87. The van der Waals surface area contributed by atoms with E-state index in [2.05, 4.69) is 4.74 Å². The second kappa shape index (κ2) is 7.42. The van der Waals surface area contributed by atoms with Gasteiger partial charge in [-0.25, -0.2) is 9.18 Å². The van der Waals surface area contributed by atoms with Crippen LogP contribution in [0.4, 0.5) is 17.6 Å². The average Bonchev–Trinajstić information content (AvgIpc) is 2.55. The maximum Gasteiger partial charge on any atom is 0.416 e. The lowest BCUT2D eigenvalue weighted by Gasteiger charge is -2.14. The van der Waals surface area contributed by atoms with Gasteiger partial charge in [0.1, 0.15) is 11.5 Å². The van der Waals surface area contributed by atoms with Crippen LogP contribution in [0, 0.1) is 5.82 Å². The summed E-state index contributed by atoms with van der Waals surface area (Å²) in [5.74, 6) is -1.72. The van der Waals surface area contributed by atoms with Crippen LogP contribution in [0.5, 0.6) is 17.2 Å². The third-order valence-electron chi connectivity index (χ3n) is 3.14. The number of hydrogen-bond acceptors (Lipinski definition) is 4. The summed E-state index contributed by atoms with van der Waals surface area (Å²) in [4.78, 5) is 11.3. The van der Waals surface area contributed by atoms with E-state index < -0.39 is 29.6 Å². The van der Waals surface area contributed by atoms with Gasteiger partial charge in [-0.3, -0.25) is 0 Å². The molecule has 0 amide bonds. The van der Waals surface area contributed by atoms with Crippen molar-refractivity contribution < 1.29 is 36.6 Å². The van der Waals surface area contributed by atoms with Crippen molar-refractivity contribution in [2.45, 2.75) is 19.2 Å². The van der Waals surface area contributed by atoms with E-state index in [1.54, 1.807) is 0 Å². The van der Waals surface area contributed by atoms with Crippen LogP contribution in [0.1, 0.15) is 12.5 Å². The van der Waals surface area contributed by atoms with Crippen molar-refractivity contribution >= 4 is 5.97 Å². The molecule has 1 atom stereocenters. The first-order valence-corrected chi connectivity index (χ1v) is 7.10. The molecule has 0 saturated heterocycles.